The van der Waals surface area contributed by atoms with Gasteiger partial charge < -0.3 is 9.80 Å². The lowest BCUT2D eigenvalue weighted by atomic mass is 10.2. The molecule has 4 heteroatoms. The van der Waals surface area contributed by atoms with Gasteiger partial charge in [-0.3, -0.25) is 10.1 Å². The number of rotatable bonds is 6. The third-order valence-corrected chi connectivity index (χ3v) is 4.17. The van der Waals surface area contributed by atoms with Gasteiger partial charge in [0.25, 0.3) is 0 Å². The van der Waals surface area contributed by atoms with Crippen molar-refractivity contribution in [2.45, 2.75) is 58.2 Å². The smallest absolute Gasteiger partial charge is 0.241 e. The van der Waals surface area contributed by atoms with Gasteiger partial charge in [-0.15, -0.1) is 0 Å². The molecule has 0 aromatic carbocycles. The number of nitrogens with zero attached hydrogens (tertiary/aromatic N) is 2. The molecule has 0 spiro atoms. The van der Waals surface area contributed by atoms with E-state index in [0.717, 1.165) is 32.4 Å². The number of likely N-dealkylation sites (tertiary alicyclic amines) is 1. The van der Waals surface area contributed by atoms with E-state index in [-0.39, 0.29) is 12.2 Å². The zero-order valence-corrected chi connectivity index (χ0v) is 11.8. The van der Waals surface area contributed by atoms with Gasteiger partial charge >= 0.3 is 0 Å². The molecule has 2 fully saturated rings. The van der Waals surface area contributed by atoms with Crippen molar-refractivity contribution in [2.75, 3.05) is 26.2 Å². The Hall–Kier alpha value is -0.610. The molecule has 0 aliphatic carbocycles. The fraction of sp³-hybridized carbons (Fsp3) is 0.929. The normalized spacial score (nSPS) is 29.4. The molecule has 2 unspecified atom stereocenters. The highest BCUT2D eigenvalue weighted by atomic mass is 16.2. The zero-order valence-electron chi connectivity index (χ0n) is 11.8. The third kappa shape index (κ3) is 3.04. The van der Waals surface area contributed by atoms with Gasteiger partial charge in [0, 0.05) is 13.1 Å². The number of carbonyl (C=O) groups excluding carboxylic acids is 1. The van der Waals surface area contributed by atoms with Crippen LogP contribution in [0.4, 0.5) is 0 Å². The molecule has 0 aromatic heterocycles. The monoisotopic (exact) mass is 253 g/mol. The van der Waals surface area contributed by atoms with E-state index in [0.29, 0.717) is 5.91 Å². The van der Waals surface area contributed by atoms with E-state index in [1.165, 1.54) is 25.9 Å². The molecule has 0 bridgehead atoms. The van der Waals surface area contributed by atoms with E-state index >= 15 is 0 Å². The molecule has 18 heavy (non-hydrogen) atoms. The minimum absolute atomic E-state index is 0.0681. The molecular formula is C14H27N3O. The molecule has 2 atom stereocenters. The van der Waals surface area contributed by atoms with E-state index in [2.05, 4.69) is 29.0 Å². The van der Waals surface area contributed by atoms with Crippen molar-refractivity contribution in [1.82, 2.24) is 15.1 Å². The molecule has 2 aliphatic rings. The summed E-state index contributed by atoms with van der Waals surface area (Å²) in [5.74, 6) is 0.322. The van der Waals surface area contributed by atoms with Crippen molar-refractivity contribution in [2.24, 2.45) is 0 Å². The number of amides is 1. The fourth-order valence-electron chi connectivity index (χ4n) is 3.10. The number of nitrogens with one attached hydrogen (secondary N) is 1. The highest BCUT2D eigenvalue weighted by Gasteiger charge is 2.36. The van der Waals surface area contributed by atoms with E-state index in [1.807, 2.05) is 0 Å². The van der Waals surface area contributed by atoms with Crippen molar-refractivity contribution in [3.8, 4) is 0 Å². The highest BCUT2D eigenvalue weighted by molar-refractivity contribution is 5.84. The molecule has 1 amide bonds. The van der Waals surface area contributed by atoms with Crippen molar-refractivity contribution in [3.63, 3.8) is 0 Å². The maximum Gasteiger partial charge on any atom is 0.241 e. The van der Waals surface area contributed by atoms with Crippen LogP contribution in [0.3, 0.4) is 0 Å². The van der Waals surface area contributed by atoms with Gasteiger partial charge in [0.1, 0.15) is 0 Å². The predicted octanol–water partition coefficient (Wildman–Crippen LogP) is 1.42. The maximum absolute atomic E-state index is 12.3. The molecule has 104 valence electrons. The molecule has 0 aromatic rings. The summed E-state index contributed by atoms with van der Waals surface area (Å²) in [6.07, 6.45) is 5.95. The van der Waals surface area contributed by atoms with Gasteiger partial charge in [0.05, 0.1) is 12.2 Å². The minimum Gasteiger partial charge on any atom is -0.325 e. The summed E-state index contributed by atoms with van der Waals surface area (Å²) in [6.45, 7) is 8.66. The van der Waals surface area contributed by atoms with Crippen LogP contribution >= 0.6 is 0 Å². The molecule has 2 saturated heterocycles. The SMILES string of the molecule is CCCC1NC(CC)N(CCN2CCCC2)C1=O. The fourth-order valence-corrected chi connectivity index (χ4v) is 3.10. The Labute approximate surface area is 111 Å². The van der Waals surface area contributed by atoms with Crippen LogP contribution < -0.4 is 5.32 Å². The van der Waals surface area contributed by atoms with Gasteiger partial charge in [-0.05, 0) is 38.8 Å². The molecule has 0 radical (unpaired) electrons. The summed E-state index contributed by atoms with van der Waals surface area (Å²) in [5, 5.41) is 3.47. The van der Waals surface area contributed by atoms with Crippen molar-refractivity contribution in [1.29, 1.82) is 0 Å². The third-order valence-electron chi connectivity index (χ3n) is 4.17. The van der Waals surface area contributed by atoms with Crippen LogP contribution in [0.25, 0.3) is 0 Å². The molecule has 1 N–H and O–H groups in total. The summed E-state index contributed by atoms with van der Waals surface area (Å²) in [4.78, 5) is 16.9. The summed E-state index contributed by atoms with van der Waals surface area (Å²) in [7, 11) is 0. The van der Waals surface area contributed by atoms with Crippen LogP contribution in [0.15, 0.2) is 0 Å². The largest absolute Gasteiger partial charge is 0.325 e. The van der Waals surface area contributed by atoms with Gasteiger partial charge in [-0.25, -0.2) is 0 Å². The first-order chi connectivity index (χ1) is 8.76. The number of hydrogen-bond acceptors (Lipinski definition) is 3. The van der Waals surface area contributed by atoms with E-state index in [1.54, 1.807) is 0 Å². The van der Waals surface area contributed by atoms with Gasteiger partial charge in [-0.2, -0.15) is 0 Å². The molecule has 2 rings (SSSR count). The lowest BCUT2D eigenvalue weighted by Crippen LogP contribution is -2.41. The van der Waals surface area contributed by atoms with E-state index in [4.69, 9.17) is 0 Å². The average Bonchev–Trinajstić information content (AvgIpc) is 2.97. The van der Waals surface area contributed by atoms with E-state index in [9.17, 15) is 4.79 Å². The molecule has 4 nitrogen and oxygen atoms in total. The van der Waals surface area contributed by atoms with E-state index < -0.39 is 0 Å². The molecular weight excluding hydrogens is 226 g/mol. The Morgan fingerprint density at radius 1 is 1.22 bits per heavy atom. The molecule has 0 saturated carbocycles. The van der Waals surface area contributed by atoms with Crippen LogP contribution in [0.5, 0.6) is 0 Å². The standard InChI is InChI=1S/C14H27N3O/c1-3-7-12-14(18)17(13(4-2)15-12)11-10-16-8-5-6-9-16/h12-13,15H,3-11H2,1-2H3. The van der Waals surface area contributed by atoms with Crippen LogP contribution in [-0.4, -0.2) is 54.1 Å². The lowest BCUT2D eigenvalue weighted by Gasteiger charge is -2.25. The predicted molar refractivity (Wildman–Crippen MR) is 73.3 cm³/mol. The van der Waals surface area contributed by atoms with Crippen LogP contribution in [0, 0.1) is 0 Å². The topological polar surface area (TPSA) is 35.6 Å². The first-order valence-corrected chi connectivity index (χ1v) is 7.55. The summed E-state index contributed by atoms with van der Waals surface area (Å²) < 4.78 is 0. The van der Waals surface area contributed by atoms with Crippen LogP contribution in [0.1, 0.15) is 46.0 Å². The minimum atomic E-state index is 0.0681. The second-order valence-corrected chi connectivity index (χ2v) is 5.51. The number of carbonyl (C=O) groups is 1. The highest BCUT2D eigenvalue weighted by Crippen LogP contribution is 2.17. The maximum atomic E-state index is 12.3. The zero-order chi connectivity index (χ0) is 13.0. The Bertz CT molecular complexity index is 276. The van der Waals surface area contributed by atoms with Gasteiger partial charge in [0.15, 0.2) is 0 Å². The second-order valence-electron chi connectivity index (χ2n) is 5.51. The first kappa shape index (κ1) is 13.8. The Balaban J connectivity index is 1.86. The van der Waals surface area contributed by atoms with Gasteiger partial charge in [-0.1, -0.05) is 20.3 Å². The Morgan fingerprint density at radius 3 is 2.56 bits per heavy atom. The summed E-state index contributed by atoms with van der Waals surface area (Å²) >= 11 is 0. The summed E-state index contributed by atoms with van der Waals surface area (Å²) in [5.41, 5.74) is 0. The Kier molecular flexibility index (Phi) is 5.01. The molecule has 2 aliphatic heterocycles. The molecule has 2 heterocycles. The van der Waals surface area contributed by atoms with Crippen molar-refractivity contribution >= 4 is 5.91 Å². The Morgan fingerprint density at radius 2 is 1.94 bits per heavy atom. The quantitative estimate of drug-likeness (QED) is 0.777. The summed E-state index contributed by atoms with van der Waals surface area (Å²) in [6, 6.07) is 0.0681. The van der Waals surface area contributed by atoms with Gasteiger partial charge in [0.2, 0.25) is 5.91 Å². The van der Waals surface area contributed by atoms with Crippen molar-refractivity contribution in [3.05, 3.63) is 0 Å². The average molecular weight is 253 g/mol. The first-order valence-electron chi connectivity index (χ1n) is 7.55. The van der Waals surface area contributed by atoms with Crippen LogP contribution in [0.2, 0.25) is 0 Å². The van der Waals surface area contributed by atoms with Crippen molar-refractivity contribution < 1.29 is 4.79 Å². The van der Waals surface area contributed by atoms with Crippen LogP contribution in [-0.2, 0) is 4.79 Å². The lowest BCUT2D eigenvalue weighted by molar-refractivity contribution is -0.130. The second kappa shape index (κ2) is 6.53. The number of hydrogen-bond donors (Lipinski definition) is 1.